The van der Waals surface area contributed by atoms with Gasteiger partial charge in [0, 0.05) is 11.0 Å². The van der Waals surface area contributed by atoms with E-state index < -0.39 is 0 Å². The molecule has 12 heavy (non-hydrogen) atoms. The average molecular weight is 249 g/mol. The van der Waals surface area contributed by atoms with E-state index in [2.05, 4.69) is 33.9 Å². The molecule has 0 N–H and O–H groups in total. The van der Waals surface area contributed by atoms with Crippen molar-refractivity contribution in [3.8, 4) is 0 Å². The Bertz CT molecular complexity index is 273. The topological polar surface area (TPSA) is 12.9 Å². The fraction of sp³-hybridized carbons (Fsp3) is 0.444. The summed E-state index contributed by atoms with van der Waals surface area (Å²) in [5, 5.41) is 0.598. The van der Waals surface area contributed by atoms with Gasteiger partial charge in [0.1, 0.15) is 5.15 Å². The lowest BCUT2D eigenvalue weighted by Gasteiger charge is -2.04. The van der Waals surface area contributed by atoms with Gasteiger partial charge in [0.25, 0.3) is 0 Å². The normalized spacial score (nSPS) is 13.0. The van der Waals surface area contributed by atoms with Gasteiger partial charge in [0.15, 0.2) is 0 Å². The smallest absolute Gasteiger partial charge is 0.131 e. The maximum absolute atomic E-state index is 5.79. The Morgan fingerprint density at radius 2 is 2.33 bits per heavy atom. The highest BCUT2D eigenvalue weighted by Gasteiger charge is 2.01. The van der Waals surface area contributed by atoms with Crippen LogP contribution in [0.5, 0.6) is 0 Å². The molecule has 0 saturated carbocycles. The second-order valence-corrected chi connectivity index (χ2v) is 4.86. The van der Waals surface area contributed by atoms with Gasteiger partial charge in [-0.1, -0.05) is 40.5 Å². The number of hydrogen-bond acceptors (Lipinski definition) is 1. The molecule has 0 fully saturated rings. The Balaban J connectivity index is 2.82. The molecule has 0 aromatic carbocycles. The molecule has 0 aliphatic heterocycles. The lowest BCUT2D eigenvalue weighted by atomic mass is 10.1. The molecule has 0 radical (unpaired) electrons. The summed E-state index contributed by atoms with van der Waals surface area (Å²) in [4.78, 5) is 4.56. The standard InChI is InChI=1S/C9H11BrClN/c1-6-3-8(4-7(2)10)5-12-9(6)11/h3,5,7H,4H2,1-2H3. The molecule has 1 nitrogen and oxygen atoms in total. The van der Waals surface area contributed by atoms with Gasteiger partial charge in [-0.25, -0.2) is 4.98 Å². The third-order valence-electron chi connectivity index (χ3n) is 1.59. The second-order valence-electron chi connectivity index (χ2n) is 2.94. The van der Waals surface area contributed by atoms with Crippen LogP contribution in [0.2, 0.25) is 5.15 Å². The number of aryl methyl sites for hydroxylation is 1. The molecule has 0 saturated heterocycles. The Morgan fingerprint density at radius 3 is 2.83 bits per heavy atom. The molecule has 1 unspecified atom stereocenters. The fourth-order valence-corrected chi connectivity index (χ4v) is 1.53. The van der Waals surface area contributed by atoms with Gasteiger partial charge in [-0.3, -0.25) is 0 Å². The van der Waals surface area contributed by atoms with Gasteiger partial charge < -0.3 is 0 Å². The molecule has 66 valence electrons. The zero-order valence-electron chi connectivity index (χ0n) is 7.14. The van der Waals surface area contributed by atoms with Crippen molar-refractivity contribution in [1.82, 2.24) is 4.98 Å². The van der Waals surface area contributed by atoms with Gasteiger partial charge in [-0.05, 0) is 24.5 Å². The number of aromatic nitrogens is 1. The maximum atomic E-state index is 5.79. The lowest BCUT2D eigenvalue weighted by Crippen LogP contribution is -1.97. The number of alkyl halides is 1. The number of nitrogens with zero attached hydrogens (tertiary/aromatic N) is 1. The molecule has 0 spiro atoms. The minimum Gasteiger partial charge on any atom is -0.244 e. The van der Waals surface area contributed by atoms with Crippen LogP contribution in [-0.2, 0) is 6.42 Å². The maximum Gasteiger partial charge on any atom is 0.131 e. The molecule has 1 atom stereocenters. The zero-order chi connectivity index (χ0) is 9.14. The number of pyridine rings is 1. The lowest BCUT2D eigenvalue weighted by molar-refractivity contribution is 0.946. The summed E-state index contributed by atoms with van der Waals surface area (Å²) in [6, 6.07) is 2.08. The Kier molecular flexibility index (Phi) is 3.53. The molecule has 1 heterocycles. The van der Waals surface area contributed by atoms with Crippen LogP contribution in [0.25, 0.3) is 0 Å². The van der Waals surface area contributed by atoms with E-state index in [1.807, 2.05) is 13.1 Å². The van der Waals surface area contributed by atoms with Crippen LogP contribution >= 0.6 is 27.5 Å². The van der Waals surface area contributed by atoms with E-state index in [0.717, 1.165) is 12.0 Å². The van der Waals surface area contributed by atoms with Crippen LogP contribution in [0.3, 0.4) is 0 Å². The highest BCUT2D eigenvalue weighted by molar-refractivity contribution is 9.09. The summed E-state index contributed by atoms with van der Waals surface area (Å²) in [6.07, 6.45) is 2.82. The van der Waals surface area contributed by atoms with Crippen LogP contribution in [0.15, 0.2) is 12.3 Å². The quantitative estimate of drug-likeness (QED) is 0.578. The van der Waals surface area contributed by atoms with Gasteiger partial charge in [-0.15, -0.1) is 0 Å². The first-order valence-corrected chi connectivity index (χ1v) is 5.14. The summed E-state index contributed by atoms with van der Waals surface area (Å²) in [6.45, 7) is 4.08. The highest BCUT2D eigenvalue weighted by Crippen LogP contribution is 2.15. The van der Waals surface area contributed by atoms with Crippen molar-refractivity contribution < 1.29 is 0 Å². The van der Waals surface area contributed by atoms with Crippen molar-refractivity contribution in [3.63, 3.8) is 0 Å². The zero-order valence-corrected chi connectivity index (χ0v) is 9.48. The van der Waals surface area contributed by atoms with Gasteiger partial charge in [-0.2, -0.15) is 0 Å². The molecule has 0 aliphatic carbocycles. The average Bonchev–Trinajstić information content (AvgIpc) is 1.96. The fourth-order valence-electron chi connectivity index (χ4n) is 1.05. The van der Waals surface area contributed by atoms with Crippen molar-refractivity contribution in [2.45, 2.75) is 25.1 Å². The summed E-state index contributed by atoms with van der Waals surface area (Å²) in [7, 11) is 0. The predicted molar refractivity (Wildman–Crippen MR) is 56.1 cm³/mol. The van der Waals surface area contributed by atoms with Gasteiger partial charge >= 0.3 is 0 Å². The minimum atomic E-state index is 0.486. The predicted octanol–water partition coefficient (Wildman–Crippen LogP) is 3.37. The molecule has 0 aliphatic rings. The van der Waals surface area contributed by atoms with E-state index in [0.29, 0.717) is 9.98 Å². The second kappa shape index (κ2) is 4.24. The highest BCUT2D eigenvalue weighted by atomic mass is 79.9. The van der Waals surface area contributed by atoms with E-state index in [4.69, 9.17) is 11.6 Å². The molecule has 1 aromatic heterocycles. The van der Waals surface area contributed by atoms with Crippen LogP contribution in [0, 0.1) is 6.92 Å². The summed E-state index contributed by atoms with van der Waals surface area (Å²) < 4.78 is 0. The third-order valence-corrected chi connectivity index (χ3v) is 2.31. The van der Waals surface area contributed by atoms with E-state index >= 15 is 0 Å². The van der Waals surface area contributed by atoms with Crippen LogP contribution < -0.4 is 0 Å². The number of rotatable bonds is 2. The summed E-state index contributed by atoms with van der Waals surface area (Å²) >= 11 is 9.29. The molecule has 1 aromatic rings. The molecule has 0 amide bonds. The van der Waals surface area contributed by atoms with Gasteiger partial charge in [0.2, 0.25) is 0 Å². The first kappa shape index (κ1) is 10.0. The van der Waals surface area contributed by atoms with Crippen molar-refractivity contribution in [3.05, 3.63) is 28.5 Å². The van der Waals surface area contributed by atoms with E-state index in [1.54, 1.807) is 0 Å². The number of halogens is 2. The van der Waals surface area contributed by atoms with Crippen molar-refractivity contribution >= 4 is 27.5 Å². The van der Waals surface area contributed by atoms with E-state index in [9.17, 15) is 0 Å². The Labute approximate surface area is 86.3 Å². The van der Waals surface area contributed by atoms with Crippen molar-refractivity contribution in [2.24, 2.45) is 0 Å². The minimum absolute atomic E-state index is 0.486. The first-order valence-electron chi connectivity index (χ1n) is 3.84. The third kappa shape index (κ3) is 2.76. The van der Waals surface area contributed by atoms with Crippen LogP contribution in [-0.4, -0.2) is 9.81 Å². The summed E-state index contributed by atoms with van der Waals surface area (Å²) in [5.74, 6) is 0. The summed E-state index contributed by atoms with van der Waals surface area (Å²) in [5.41, 5.74) is 2.27. The molecular weight excluding hydrogens is 237 g/mol. The van der Waals surface area contributed by atoms with Crippen LogP contribution in [0.4, 0.5) is 0 Å². The molecule has 0 bridgehead atoms. The largest absolute Gasteiger partial charge is 0.244 e. The SMILES string of the molecule is Cc1cc(CC(C)Br)cnc1Cl. The Hall–Kier alpha value is -0.0800. The number of hydrogen-bond donors (Lipinski definition) is 0. The van der Waals surface area contributed by atoms with E-state index in [-0.39, 0.29) is 0 Å². The van der Waals surface area contributed by atoms with Crippen molar-refractivity contribution in [2.75, 3.05) is 0 Å². The van der Waals surface area contributed by atoms with Crippen LogP contribution in [0.1, 0.15) is 18.1 Å². The molecule has 3 heteroatoms. The van der Waals surface area contributed by atoms with Crippen molar-refractivity contribution in [1.29, 1.82) is 0 Å². The monoisotopic (exact) mass is 247 g/mol. The first-order chi connectivity index (χ1) is 5.59. The Morgan fingerprint density at radius 1 is 1.67 bits per heavy atom. The van der Waals surface area contributed by atoms with E-state index in [1.165, 1.54) is 5.56 Å². The molecule has 1 rings (SSSR count). The van der Waals surface area contributed by atoms with Gasteiger partial charge in [0.05, 0.1) is 0 Å². The molecular formula is C9H11BrClN.